The van der Waals surface area contributed by atoms with Gasteiger partial charge in [-0.2, -0.15) is 0 Å². The largest absolute Gasteiger partial charge is 0.496 e. The number of hydrogen-bond acceptors (Lipinski definition) is 4. The molecular formula is C22H31N3O4. The Balaban J connectivity index is 1.52. The number of carbonyl (C=O) groups excluding carboxylic acids is 3. The second kappa shape index (κ2) is 8.43. The summed E-state index contributed by atoms with van der Waals surface area (Å²) in [5.41, 5.74) is 0.252. The number of nitrogens with zero attached hydrogens (tertiary/aromatic N) is 2. The first-order valence-corrected chi connectivity index (χ1v) is 10.2. The fourth-order valence-corrected chi connectivity index (χ4v) is 4.12. The van der Waals surface area contributed by atoms with Crippen LogP contribution in [0.25, 0.3) is 0 Å². The molecule has 3 rings (SSSR count). The molecule has 0 radical (unpaired) electrons. The molecule has 2 heterocycles. The summed E-state index contributed by atoms with van der Waals surface area (Å²) in [7, 11) is 1.55. The van der Waals surface area contributed by atoms with E-state index in [0.717, 1.165) is 0 Å². The fraction of sp³-hybridized carbons (Fsp3) is 0.591. The second-order valence-electron chi connectivity index (χ2n) is 8.85. The first kappa shape index (κ1) is 21.1. The molecule has 0 saturated carbocycles. The quantitative estimate of drug-likeness (QED) is 0.838. The highest BCUT2D eigenvalue weighted by Crippen LogP contribution is 2.28. The lowest BCUT2D eigenvalue weighted by Crippen LogP contribution is -2.49. The van der Waals surface area contributed by atoms with Gasteiger partial charge in [-0.1, -0.05) is 12.1 Å². The lowest BCUT2D eigenvalue weighted by molar-refractivity contribution is -0.136. The van der Waals surface area contributed by atoms with Gasteiger partial charge in [-0.3, -0.25) is 14.4 Å². The highest BCUT2D eigenvalue weighted by atomic mass is 16.5. The third-order valence-electron chi connectivity index (χ3n) is 5.78. The van der Waals surface area contributed by atoms with Crippen LogP contribution in [0.1, 0.15) is 50.4 Å². The third-order valence-corrected chi connectivity index (χ3v) is 5.78. The smallest absolute Gasteiger partial charge is 0.255 e. The summed E-state index contributed by atoms with van der Waals surface area (Å²) in [6.07, 6.45) is 1.70. The van der Waals surface area contributed by atoms with E-state index in [4.69, 9.17) is 4.74 Å². The fourth-order valence-electron chi connectivity index (χ4n) is 4.12. The molecule has 1 N–H and O–H groups in total. The van der Waals surface area contributed by atoms with Gasteiger partial charge in [-0.25, -0.2) is 0 Å². The summed E-state index contributed by atoms with van der Waals surface area (Å²) in [4.78, 5) is 41.4. The van der Waals surface area contributed by atoms with Gasteiger partial charge in [-0.05, 0) is 45.7 Å². The molecule has 7 heteroatoms. The number of hydrogen-bond donors (Lipinski definition) is 1. The number of benzene rings is 1. The maximum Gasteiger partial charge on any atom is 0.255 e. The van der Waals surface area contributed by atoms with Crippen LogP contribution in [-0.4, -0.2) is 65.8 Å². The minimum atomic E-state index is -0.263. The van der Waals surface area contributed by atoms with Gasteiger partial charge in [-0.15, -0.1) is 0 Å². The average Bonchev–Trinajstić information content (AvgIpc) is 3.10. The molecule has 1 atom stereocenters. The van der Waals surface area contributed by atoms with Crippen molar-refractivity contribution < 1.29 is 19.1 Å². The van der Waals surface area contributed by atoms with Crippen molar-refractivity contribution in [3.8, 4) is 5.75 Å². The maximum atomic E-state index is 12.9. The van der Waals surface area contributed by atoms with Crippen LogP contribution >= 0.6 is 0 Å². The Labute approximate surface area is 172 Å². The van der Waals surface area contributed by atoms with E-state index >= 15 is 0 Å². The Kier molecular flexibility index (Phi) is 6.15. The molecule has 0 spiro atoms. The van der Waals surface area contributed by atoms with Crippen molar-refractivity contribution in [2.45, 2.75) is 51.6 Å². The zero-order chi connectivity index (χ0) is 21.2. The van der Waals surface area contributed by atoms with E-state index in [0.29, 0.717) is 50.2 Å². The van der Waals surface area contributed by atoms with Gasteiger partial charge in [0.25, 0.3) is 5.91 Å². The second-order valence-corrected chi connectivity index (χ2v) is 8.85. The molecule has 29 heavy (non-hydrogen) atoms. The number of amides is 3. The Morgan fingerprint density at radius 3 is 2.38 bits per heavy atom. The molecule has 1 aromatic rings. The van der Waals surface area contributed by atoms with Crippen LogP contribution in [0.5, 0.6) is 5.75 Å². The van der Waals surface area contributed by atoms with Gasteiger partial charge in [0.15, 0.2) is 0 Å². The number of piperidine rings is 1. The van der Waals surface area contributed by atoms with E-state index in [1.165, 1.54) is 0 Å². The minimum absolute atomic E-state index is 0.0211. The first-order valence-electron chi connectivity index (χ1n) is 10.2. The lowest BCUT2D eigenvalue weighted by Gasteiger charge is -2.35. The van der Waals surface area contributed by atoms with Gasteiger partial charge in [0.2, 0.25) is 11.8 Å². The van der Waals surface area contributed by atoms with Crippen LogP contribution in [0.4, 0.5) is 0 Å². The van der Waals surface area contributed by atoms with Gasteiger partial charge in [0, 0.05) is 37.6 Å². The first-order chi connectivity index (χ1) is 13.7. The van der Waals surface area contributed by atoms with E-state index in [-0.39, 0.29) is 35.2 Å². The van der Waals surface area contributed by atoms with Crippen LogP contribution in [-0.2, 0) is 9.59 Å². The third kappa shape index (κ3) is 4.71. The van der Waals surface area contributed by atoms with Crippen molar-refractivity contribution in [2.75, 3.05) is 26.7 Å². The van der Waals surface area contributed by atoms with Gasteiger partial charge in [0.05, 0.1) is 18.6 Å². The number of para-hydroxylation sites is 1. The predicted octanol–water partition coefficient (Wildman–Crippen LogP) is 2.06. The Bertz CT molecular complexity index is 779. The molecule has 1 aromatic carbocycles. The Morgan fingerprint density at radius 2 is 1.79 bits per heavy atom. The van der Waals surface area contributed by atoms with Gasteiger partial charge < -0.3 is 19.9 Å². The van der Waals surface area contributed by atoms with E-state index in [9.17, 15) is 14.4 Å². The number of nitrogens with one attached hydrogen (secondary N) is 1. The molecule has 2 saturated heterocycles. The van der Waals surface area contributed by atoms with Crippen molar-refractivity contribution in [1.82, 2.24) is 15.1 Å². The summed E-state index contributed by atoms with van der Waals surface area (Å²) in [5, 5.41) is 3.05. The molecule has 2 aliphatic rings. The SMILES string of the molecule is COc1ccccc1C(=O)NC1CCN(C(=O)C2CC(=O)N(C(C)(C)C)C2)CC1. The molecule has 0 aromatic heterocycles. The van der Waals surface area contributed by atoms with Crippen LogP contribution in [0.3, 0.4) is 0 Å². The van der Waals surface area contributed by atoms with Crippen molar-refractivity contribution >= 4 is 17.7 Å². The summed E-state index contributed by atoms with van der Waals surface area (Å²) in [6, 6.07) is 7.16. The van der Waals surface area contributed by atoms with E-state index in [2.05, 4.69) is 5.32 Å². The summed E-state index contributed by atoms with van der Waals surface area (Å²) >= 11 is 0. The number of rotatable bonds is 4. The van der Waals surface area contributed by atoms with E-state index < -0.39 is 0 Å². The maximum absolute atomic E-state index is 12.9. The molecule has 1 unspecified atom stereocenters. The average molecular weight is 402 g/mol. The highest BCUT2D eigenvalue weighted by molar-refractivity contribution is 5.97. The zero-order valence-electron chi connectivity index (χ0n) is 17.7. The Morgan fingerprint density at radius 1 is 1.14 bits per heavy atom. The molecule has 7 nitrogen and oxygen atoms in total. The molecule has 0 bridgehead atoms. The molecule has 158 valence electrons. The van der Waals surface area contributed by atoms with E-state index in [1.54, 1.807) is 24.1 Å². The predicted molar refractivity (Wildman–Crippen MR) is 110 cm³/mol. The minimum Gasteiger partial charge on any atom is -0.496 e. The highest BCUT2D eigenvalue weighted by Gasteiger charge is 2.41. The number of likely N-dealkylation sites (tertiary alicyclic amines) is 2. The van der Waals surface area contributed by atoms with Crippen molar-refractivity contribution in [1.29, 1.82) is 0 Å². The van der Waals surface area contributed by atoms with Crippen LogP contribution in [0.2, 0.25) is 0 Å². The summed E-state index contributed by atoms with van der Waals surface area (Å²) in [5.74, 6) is 0.234. The van der Waals surface area contributed by atoms with Gasteiger partial charge >= 0.3 is 0 Å². The molecule has 0 aliphatic carbocycles. The summed E-state index contributed by atoms with van der Waals surface area (Å²) < 4.78 is 5.26. The lowest BCUT2D eigenvalue weighted by atomic mass is 10.0. The number of methoxy groups -OCH3 is 1. The molecular weight excluding hydrogens is 370 g/mol. The monoisotopic (exact) mass is 401 g/mol. The topological polar surface area (TPSA) is 79.0 Å². The Hall–Kier alpha value is -2.57. The van der Waals surface area contributed by atoms with Crippen molar-refractivity contribution in [2.24, 2.45) is 5.92 Å². The van der Waals surface area contributed by atoms with Crippen molar-refractivity contribution in [3.63, 3.8) is 0 Å². The number of carbonyl (C=O) groups is 3. The molecule has 3 amide bonds. The standard InChI is InChI=1S/C22H31N3O4/c1-22(2,3)25-14-15(13-19(25)26)21(28)24-11-9-16(10-12-24)23-20(27)17-7-5-6-8-18(17)29-4/h5-8,15-16H,9-14H2,1-4H3,(H,23,27). The molecule has 2 fully saturated rings. The van der Waals surface area contributed by atoms with Crippen LogP contribution in [0.15, 0.2) is 24.3 Å². The normalized spacial score (nSPS) is 20.7. The van der Waals surface area contributed by atoms with Gasteiger partial charge in [0.1, 0.15) is 5.75 Å². The summed E-state index contributed by atoms with van der Waals surface area (Å²) in [6.45, 7) is 7.66. The molecule has 2 aliphatic heterocycles. The van der Waals surface area contributed by atoms with Crippen LogP contribution in [0, 0.1) is 5.92 Å². The van der Waals surface area contributed by atoms with Crippen LogP contribution < -0.4 is 10.1 Å². The van der Waals surface area contributed by atoms with Crippen molar-refractivity contribution in [3.05, 3.63) is 29.8 Å². The zero-order valence-corrected chi connectivity index (χ0v) is 17.7. The number of ether oxygens (including phenoxy) is 1. The van der Waals surface area contributed by atoms with E-state index in [1.807, 2.05) is 37.8 Å².